The summed E-state index contributed by atoms with van der Waals surface area (Å²) in [7, 11) is 0. The van der Waals surface area contributed by atoms with Crippen molar-refractivity contribution >= 4 is 0 Å². The summed E-state index contributed by atoms with van der Waals surface area (Å²) < 4.78 is 13.3. The van der Waals surface area contributed by atoms with E-state index in [1.165, 1.54) is 17.7 Å². The molecule has 0 spiro atoms. The van der Waals surface area contributed by atoms with Crippen molar-refractivity contribution in [3.8, 4) is 6.07 Å². The first-order chi connectivity index (χ1) is 9.76. The zero-order valence-electron chi connectivity index (χ0n) is 11.0. The predicted molar refractivity (Wildman–Crippen MR) is 75.5 cm³/mol. The highest BCUT2D eigenvalue weighted by Crippen LogP contribution is 2.40. The van der Waals surface area contributed by atoms with Crippen LogP contribution >= 0.6 is 0 Å². The van der Waals surface area contributed by atoms with Crippen LogP contribution < -0.4 is 5.32 Å². The van der Waals surface area contributed by atoms with E-state index in [1.807, 2.05) is 12.1 Å². The average Bonchev–Trinajstić information content (AvgIpc) is 3.25. The largest absolute Gasteiger partial charge is 0.309 e. The van der Waals surface area contributed by atoms with E-state index in [0.29, 0.717) is 24.1 Å². The Labute approximate surface area is 117 Å². The Kier molecular flexibility index (Phi) is 3.49. The van der Waals surface area contributed by atoms with E-state index in [1.54, 1.807) is 6.07 Å². The second-order valence-corrected chi connectivity index (χ2v) is 5.20. The molecule has 0 radical (unpaired) electrons. The van der Waals surface area contributed by atoms with E-state index in [-0.39, 0.29) is 5.82 Å². The van der Waals surface area contributed by atoms with Crippen molar-refractivity contribution < 1.29 is 4.39 Å². The molecule has 2 aromatic carbocycles. The Bertz CT molecular complexity index is 646. The third-order valence-corrected chi connectivity index (χ3v) is 3.67. The lowest BCUT2D eigenvalue weighted by atomic mass is 10.1. The van der Waals surface area contributed by atoms with Crippen LogP contribution in [0.2, 0.25) is 0 Å². The van der Waals surface area contributed by atoms with Gasteiger partial charge in [0.15, 0.2) is 0 Å². The molecule has 3 heteroatoms. The van der Waals surface area contributed by atoms with E-state index in [4.69, 9.17) is 5.26 Å². The Morgan fingerprint density at radius 2 is 2.00 bits per heavy atom. The Morgan fingerprint density at radius 3 is 2.75 bits per heavy atom. The van der Waals surface area contributed by atoms with Gasteiger partial charge >= 0.3 is 0 Å². The van der Waals surface area contributed by atoms with Crippen LogP contribution in [0.4, 0.5) is 4.39 Å². The molecular formula is C17H15FN2. The molecule has 1 saturated carbocycles. The Balaban J connectivity index is 1.59. The number of hydrogen-bond acceptors (Lipinski definition) is 2. The van der Waals surface area contributed by atoms with Gasteiger partial charge in [0.2, 0.25) is 0 Å². The topological polar surface area (TPSA) is 35.8 Å². The fourth-order valence-corrected chi connectivity index (χ4v) is 2.56. The zero-order valence-corrected chi connectivity index (χ0v) is 11.0. The van der Waals surface area contributed by atoms with Gasteiger partial charge in [-0.15, -0.1) is 0 Å². The Hall–Kier alpha value is -2.18. The molecule has 0 aliphatic heterocycles. The van der Waals surface area contributed by atoms with Crippen molar-refractivity contribution in [1.82, 2.24) is 5.32 Å². The minimum Gasteiger partial charge on any atom is -0.309 e. The normalized spacial score (nSPS) is 20.4. The first kappa shape index (κ1) is 12.8. The third kappa shape index (κ3) is 2.87. The van der Waals surface area contributed by atoms with Gasteiger partial charge in [-0.05, 0) is 35.7 Å². The summed E-state index contributed by atoms with van der Waals surface area (Å²) in [5.41, 5.74) is 2.54. The molecule has 1 aliphatic rings. The van der Waals surface area contributed by atoms with Crippen LogP contribution in [-0.4, -0.2) is 6.04 Å². The predicted octanol–water partition coefficient (Wildman–Crippen LogP) is 3.34. The summed E-state index contributed by atoms with van der Waals surface area (Å²) in [6.45, 7) is 0.598. The van der Waals surface area contributed by atoms with Crippen LogP contribution in [0, 0.1) is 17.1 Å². The molecule has 0 aromatic heterocycles. The standard InChI is InChI=1S/C17H15FN2/c18-15-7-12(10-19)6-13(8-15)11-20-17-9-16(17)14-4-2-1-3-5-14/h1-8,16-17,20H,9,11H2. The van der Waals surface area contributed by atoms with Crippen molar-refractivity contribution in [2.24, 2.45) is 0 Å². The molecule has 1 fully saturated rings. The first-order valence-corrected chi connectivity index (χ1v) is 6.74. The summed E-state index contributed by atoms with van der Waals surface area (Å²) in [6, 6.07) is 17.3. The van der Waals surface area contributed by atoms with Gasteiger partial charge in [0, 0.05) is 18.5 Å². The monoisotopic (exact) mass is 266 g/mol. The average molecular weight is 266 g/mol. The van der Waals surface area contributed by atoms with Crippen molar-refractivity contribution in [1.29, 1.82) is 5.26 Å². The number of rotatable bonds is 4. The zero-order chi connectivity index (χ0) is 13.9. The molecule has 2 nitrogen and oxygen atoms in total. The van der Waals surface area contributed by atoms with Crippen molar-refractivity contribution in [3.05, 3.63) is 71.0 Å². The van der Waals surface area contributed by atoms with Crippen molar-refractivity contribution in [2.45, 2.75) is 24.9 Å². The molecule has 0 heterocycles. The molecule has 1 N–H and O–H groups in total. The molecule has 3 rings (SSSR count). The maximum Gasteiger partial charge on any atom is 0.124 e. The number of halogens is 1. The van der Waals surface area contributed by atoms with E-state index in [9.17, 15) is 4.39 Å². The lowest BCUT2D eigenvalue weighted by Gasteiger charge is -2.05. The summed E-state index contributed by atoms with van der Waals surface area (Å²) >= 11 is 0. The lowest BCUT2D eigenvalue weighted by Crippen LogP contribution is -2.17. The van der Waals surface area contributed by atoms with Gasteiger partial charge in [-0.25, -0.2) is 4.39 Å². The van der Waals surface area contributed by atoms with E-state index in [2.05, 4.69) is 29.6 Å². The van der Waals surface area contributed by atoms with E-state index >= 15 is 0 Å². The second kappa shape index (κ2) is 5.44. The quantitative estimate of drug-likeness (QED) is 0.921. The van der Waals surface area contributed by atoms with Crippen LogP contribution in [0.25, 0.3) is 0 Å². The van der Waals surface area contributed by atoms with E-state index < -0.39 is 0 Å². The van der Waals surface area contributed by atoms with Crippen molar-refractivity contribution in [3.63, 3.8) is 0 Å². The fourth-order valence-electron chi connectivity index (χ4n) is 2.56. The maximum absolute atomic E-state index is 13.3. The SMILES string of the molecule is N#Cc1cc(F)cc(CNC2CC2c2ccccc2)c1. The van der Waals surface area contributed by atoms with Crippen LogP contribution in [0.5, 0.6) is 0 Å². The molecule has 2 aromatic rings. The van der Waals surface area contributed by atoms with E-state index in [0.717, 1.165) is 12.0 Å². The van der Waals surface area contributed by atoms with Gasteiger partial charge < -0.3 is 5.32 Å². The molecular weight excluding hydrogens is 251 g/mol. The number of nitrogens with zero attached hydrogens (tertiary/aromatic N) is 1. The van der Waals surface area contributed by atoms with Crippen molar-refractivity contribution in [2.75, 3.05) is 0 Å². The minimum atomic E-state index is -0.351. The van der Waals surface area contributed by atoms with Gasteiger partial charge in [-0.1, -0.05) is 30.3 Å². The highest BCUT2D eigenvalue weighted by atomic mass is 19.1. The molecule has 0 amide bonds. The molecule has 100 valence electrons. The highest BCUT2D eigenvalue weighted by molar-refractivity contribution is 5.34. The minimum absolute atomic E-state index is 0.351. The number of nitriles is 1. The molecule has 20 heavy (non-hydrogen) atoms. The van der Waals surface area contributed by atoms with Gasteiger partial charge in [0.1, 0.15) is 5.82 Å². The maximum atomic E-state index is 13.3. The smallest absolute Gasteiger partial charge is 0.124 e. The van der Waals surface area contributed by atoms with Crippen LogP contribution in [0.15, 0.2) is 48.5 Å². The second-order valence-electron chi connectivity index (χ2n) is 5.20. The molecule has 2 unspecified atom stereocenters. The molecule has 0 bridgehead atoms. The number of benzene rings is 2. The molecule has 1 aliphatic carbocycles. The highest BCUT2D eigenvalue weighted by Gasteiger charge is 2.37. The van der Waals surface area contributed by atoms with Crippen LogP contribution in [-0.2, 0) is 6.54 Å². The van der Waals surface area contributed by atoms with Gasteiger partial charge in [0.05, 0.1) is 11.6 Å². The Morgan fingerprint density at radius 1 is 1.20 bits per heavy atom. The third-order valence-electron chi connectivity index (χ3n) is 3.67. The van der Waals surface area contributed by atoms with Gasteiger partial charge in [-0.2, -0.15) is 5.26 Å². The van der Waals surface area contributed by atoms with Gasteiger partial charge in [-0.3, -0.25) is 0 Å². The summed E-state index contributed by atoms with van der Waals surface area (Å²) in [6.07, 6.45) is 1.12. The van der Waals surface area contributed by atoms with Gasteiger partial charge in [0.25, 0.3) is 0 Å². The molecule has 2 atom stereocenters. The lowest BCUT2D eigenvalue weighted by molar-refractivity contribution is 0.617. The summed E-state index contributed by atoms with van der Waals surface area (Å²) in [4.78, 5) is 0. The molecule has 0 saturated heterocycles. The van der Waals surface area contributed by atoms with Crippen LogP contribution in [0.3, 0.4) is 0 Å². The summed E-state index contributed by atoms with van der Waals surface area (Å²) in [5, 5.41) is 12.3. The fraction of sp³-hybridized carbons (Fsp3) is 0.235. The number of hydrogen-bond donors (Lipinski definition) is 1. The van der Waals surface area contributed by atoms with Crippen LogP contribution in [0.1, 0.15) is 29.0 Å². The first-order valence-electron chi connectivity index (χ1n) is 6.74. The summed E-state index contributed by atoms with van der Waals surface area (Å²) in [5.74, 6) is 0.205. The number of nitrogens with one attached hydrogen (secondary N) is 1.